The van der Waals surface area contributed by atoms with Crippen molar-refractivity contribution in [3.05, 3.63) is 29.5 Å². The first kappa shape index (κ1) is 10.1. The van der Waals surface area contributed by atoms with E-state index in [1.54, 1.807) is 7.11 Å². The number of hydrogen-bond donors (Lipinski definition) is 1. The first-order valence-electron chi connectivity index (χ1n) is 4.96. The fourth-order valence-corrected chi connectivity index (χ4v) is 1.91. The van der Waals surface area contributed by atoms with Crippen molar-refractivity contribution in [1.82, 2.24) is 0 Å². The minimum Gasteiger partial charge on any atom is -0.497 e. The zero-order chi connectivity index (χ0) is 11.0. The van der Waals surface area contributed by atoms with Gasteiger partial charge in [0.2, 0.25) is 0 Å². The van der Waals surface area contributed by atoms with E-state index in [1.807, 2.05) is 32.0 Å². The molecule has 2 rings (SSSR count). The molecule has 3 heteroatoms. The lowest BCUT2D eigenvalue weighted by molar-refractivity contribution is 0.415. The number of hydrogen-bond acceptors (Lipinski definition) is 3. The number of fused-ring (bicyclic) bond motifs is 1. The van der Waals surface area contributed by atoms with Gasteiger partial charge in [-0.1, -0.05) is 0 Å². The van der Waals surface area contributed by atoms with E-state index in [4.69, 9.17) is 14.9 Å². The molecule has 0 aliphatic rings. The van der Waals surface area contributed by atoms with Crippen LogP contribution in [0.2, 0.25) is 0 Å². The Kier molecular flexibility index (Phi) is 2.40. The second-order valence-electron chi connectivity index (χ2n) is 3.72. The average Bonchev–Trinajstić information content (AvgIpc) is 2.52. The fourth-order valence-electron chi connectivity index (χ4n) is 1.91. The van der Waals surface area contributed by atoms with Crippen molar-refractivity contribution in [3.8, 4) is 5.75 Å². The smallest absolute Gasteiger partial charge is 0.134 e. The van der Waals surface area contributed by atoms with E-state index in [9.17, 15) is 0 Å². The van der Waals surface area contributed by atoms with Gasteiger partial charge < -0.3 is 14.9 Å². The Labute approximate surface area is 88.8 Å². The summed E-state index contributed by atoms with van der Waals surface area (Å²) in [6.45, 7) is 3.89. The Morgan fingerprint density at radius 3 is 2.73 bits per heavy atom. The van der Waals surface area contributed by atoms with Crippen molar-refractivity contribution in [3.63, 3.8) is 0 Å². The van der Waals surface area contributed by atoms with E-state index >= 15 is 0 Å². The molecular formula is C12H15NO2. The van der Waals surface area contributed by atoms with Crippen molar-refractivity contribution in [2.45, 2.75) is 19.9 Å². The first-order valence-corrected chi connectivity index (χ1v) is 4.96. The molecule has 0 amide bonds. The Balaban J connectivity index is 2.72. The van der Waals surface area contributed by atoms with Gasteiger partial charge in [0.15, 0.2) is 0 Å². The number of methoxy groups -OCH3 is 1. The molecule has 15 heavy (non-hydrogen) atoms. The molecule has 0 fully saturated rings. The van der Waals surface area contributed by atoms with Crippen LogP contribution in [0.4, 0.5) is 0 Å². The summed E-state index contributed by atoms with van der Waals surface area (Å²) in [5.74, 6) is 1.71. The van der Waals surface area contributed by atoms with Crippen LogP contribution in [0.25, 0.3) is 11.0 Å². The highest BCUT2D eigenvalue weighted by Gasteiger charge is 2.14. The summed E-state index contributed by atoms with van der Waals surface area (Å²) < 4.78 is 10.8. The second kappa shape index (κ2) is 3.59. The maximum absolute atomic E-state index is 5.92. The highest BCUT2D eigenvalue weighted by atomic mass is 16.5. The van der Waals surface area contributed by atoms with E-state index in [-0.39, 0.29) is 6.04 Å². The number of benzene rings is 1. The van der Waals surface area contributed by atoms with Crippen molar-refractivity contribution in [2.75, 3.05) is 7.11 Å². The Morgan fingerprint density at radius 2 is 2.13 bits per heavy atom. The minimum absolute atomic E-state index is 0.0293. The monoisotopic (exact) mass is 205 g/mol. The van der Waals surface area contributed by atoms with Crippen molar-refractivity contribution in [2.24, 2.45) is 5.73 Å². The third-order valence-corrected chi connectivity index (χ3v) is 2.57. The van der Waals surface area contributed by atoms with Gasteiger partial charge in [0, 0.05) is 17.0 Å². The number of aryl methyl sites for hydroxylation is 1. The third-order valence-electron chi connectivity index (χ3n) is 2.57. The molecule has 1 heterocycles. The van der Waals surface area contributed by atoms with Crippen molar-refractivity contribution < 1.29 is 9.15 Å². The molecule has 1 aromatic heterocycles. The molecule has 80 valence electrons. The molecule has 1 unspecified atom stereocenters. The van der Waals surface area contributed by atoms with Crippen LogP contribution in [0.15, 0.2) is 22.6 Å². The molecular weight excluding hydrogens is 190 g/mol. The Morgan fingerprint density at radius 1 is 1.40 bits per heavy atom. The van der Waals surface area contributed by atoms with E-state index < -0.39 is 0 Å². The molecule has 0 aliphatic carbocycles. The van der Waals surface area contributed by atoms with Gasteiger partial charge in [0.25, 0.3) is 0 Å². The van der Waals surface area contributed by atoms with Gasteiger partial charge in [-0.25, -0.2) is 0 Å². The van der Waals surface area contributed by atoms with Gasteiger partial charge in [-0.3, -0.25) is 0 Å². The van der Waals surface area contributed by atoms with E-state index in [2.05, 4.69) is 0 Å². The molecule has 0 radical (unpaired) electrons. The topological polar surface area (TPSA) is 48.4 Å². The SMILES string of the molecule is COc1ccc2oc(C)c(C(C)N)c2c1. The van der Waals surface area contributed by atoms with Crippen LogP contribution in [-0.4, -0.2) is 7.11 Å². The lowest BCUT2D eigenvalue weighted by atomic mass is 10.1. The summed E-state index contributed by atoms with van der Waals surface area (Å²) >= 11 is 0. The van der Waals surface area contributed by atoms with E-state index in [1.165, 1.54) is 0 Å². The maximum Gasteiger partial charge on any atom is 0.134 e. The molecule has 2 N–H and O–H groups in total. The summed E-state index contributed by atoms with van der Waals surface area (Å²) in [6.07, 6.45) is 0. The quantitative estimate of drug-likeness (QED) is 0.820. The van der Waals surface area contributed by atoms with E-state index in [0.717, 1.165) is 28.0 Å². The molecule has 1 aromatic carbocycles. The standard InChI is InChI=1S/C12H15NO2/c1-7(13)12-8(2)15-11-5-4-9(14-3)6-10(11)12/h4-7H,13H2,1-3H3. The molecule has 0 spiro atoms. The van der Waals surface area contributed by atoms with Crippen LogP contribution in [0, 0.1) is 6.92 Å². The Bertz CT molecular complexity index is 486. The average molecular weight is 205 g/mol. The summed E-state index contributed by atoms with van der Waals surface area (Å²) in [7, 11) is 1.65. The van der Waals surface area contributed by atoms with Crippen LogP contribution in [0.3, 0.4) is 0 Å². The zero-order valence-electron chi connectivity index (χ0n) is 9.20. The third kappa shape index (κ3) is 1.59. The van der Waals surface area contributed by atoms with Crippen LogP contribution in [0.5, 0.6) is 5.75 Å². The second-order valence-corrected chi connectivity index (χ2v) is 3.72. The minimum atomic E-state index is -0.0293. The van der Waals surface area contributed by atoms with Gasteiger partial charge in [-0.05, 0) is 32.0 Å². The van der Waals surface area contributed by atoms with Crippen LogP contribution in [0.1, 0.15) is 24.3 Å². The van der Waals surface area contributed by atoms with Crippen molar-refractivity contribution in [1.29, 1.82) is 0 Å². The predicted molar refractivity (Wildman–Crippen MR) is 60.1 cm³/mol. The zero-order valence-corrected chi connectivity index (χ0v) is 9.20. The molecule has 0 bridgehead atoms. The predicted octanol–water partition coefficient (Wildman–Crippen LogP) is 2.77. The Hall–Kier alpha value is -1.48. The normalized spacial score (nSPS) is 13.1. The molecule has 3 nitrogen and oxygen atoms in total. The number of nitrogens with two attached hydrogens (primary N) is 1. The maximum atomic E-state index is 5.92. The largest absolute Gasteiger partial charge is 0.497 e. The van der Waals surface area contributed by atoms with Crippen LogP contribution < -0.4 is 10.5 Å². The molecule has 0 saturated heterocycles. The number of ether oxygens (including phenoxy) is 1. The molecule has 0 saturated carbocycles. The van der Waals surface area contributed by atoms with Crippen LogP contribution in [-0.2, 0) is 0 Å². The highest BCUT2D eigenvalue weighted by molar-refractivity contribution is 5.84. The molecule has 2 aromatic rings. The van der Waals surface area contributed by atoms with Gasteiger partial charge in [0.05, 0.1) is 7.11 Å². The van der Waals surface area contributed by atoms with Gasteiger partial charge >= 0.3 is 0 Å². The summed E-state index contributed by atoms with van der Waals surface area (Å²) in [5, 5.41) is 1.04. The summed E-state index contributed by atoms with van der Waals surface area (Å²) in [4.78, 5) is 0. The van der Waals surface area contributed by atoms with Crippen molar-refractivity contribution >= 4 is 11.0 Å². The molecule has 0 aliphatic heterocycles. The van der Waals surface area contributed by atoms with Gasteiger partial charge in [-0.2, -0.15) is 0 Å². The summed E-state index contributed by atoms with van der Waals surface area (Å²) in [5.41, 5.74) is 7.84. The van der Waals surface area contributed by atoms with Crippen LogP contribution >= 0.6 is 0 Å². The summed E-state index contributed by atoms with van der Waals surface area (Å²) in [6, 6.07) is 5.73. The van der Waals surface area contributed by atoms with Gasteiger partial charge in [-0.15, -0.1) is 0 Å². The van der Waals surface area contributed by atoms with E-state index in [0.29, 0.717) is 0 Å². The first-order chi connectivity index (χ1) is 7.13. The fraction of sp³-hybridized carbons (Fsp3) is 0.333. The van der Waals surface area contributed by atoms with Gasteiger partial charge in [0.1, 0.15) is 17.1 Å². The number of rotatable bonds is 2. The lowest BCUT2D eigenvalue weighted by Gasteiger charge is -2.04. The lowest BCUT2D eigenvalue weighted by Crippen LogP contribution is -2.05. The highest BCUT2D eigenvalue weighted by Crippen LogP contribution is 2.31. The molecule has 1 atom stereocenters. The number of furan rings is 1.